The van der Waals surface area contributed by atoms with Crippen LogP contribution in [-0.4, -0.2) is 37.2 Å². The van der Waals surface area contributed by atoms with Crippen LogP contribution in [0.2, 0.25) is 0 Å². The van der Waals surface area contributed by atoms with Gasteiger partial charge in [-0.15, -0.1) is 11.8 Å². The summed E-state index contributed by atoms with van der Waals surface area (Å²) in [5, 5.41) is 3.50. The van der Waals surface area contributed by atoms with E-state index in [2.05, 4.69) is 43.4 Å². The van der Waals surface area contributed by atoms with Crippen molar-refractivity contribution >= 4 is 17.7 Å². The highest BCUT2D eigenvalue weighted by Crippen LogP contribution is 2.23. The predicted molar refractivity (Wildman–Crippen MR) is 87.2 cm³/mol. The van der Waals surface area contributed by atoms with Gasteiger partial charge in [0.25, 0.3) is 0 Å². The van der Waals surface area contributed by atoms with Crippen molar-refractivity contribution in [3.8, 4) is 0 Å². The van der Waals surface area contributed by atoms with Gasteiger partial charge in [0.2, 0.25) is 5.91 Å². The fourth-order valence-corrected chi connectivity index (χ4v) is 2.74. The van der Waals surface area contributed by atoms with Crippen LogP contribution >= 0.6 is 11.8 Å². The fraction of sp³-hybridized carbons (Fsp3) is 0.562. The molecule has 0 aromatic heterocycles. The van der Waals surface area contributed by atoms with Crippen LogP contribution in [0.15, 0.2) is 29.2 Å². The quantitative estimate of drug-likeness (QED) is 0.747. The Morgan fingerprint density at radius 3 is 2.80 bits per heavy atom. The zero-order valence-electron chi connectivity index (χ0n) is 13.0. The molecule has 0 heterocycles. The zero-order chi connectivity index (χ0) is 15.0. The summed E-state index contributed by atoms with van der Waals surface area (Å²) in [6, 6.07) is 8.95. The minimum atomic E-state index is 0.187. The third-order valence-corrected chi connectivity index (χ3v) is 4.14. The van der Waals surface area contributed by atoms with E-state index in [1.165, 1.54) is 10.5 Å². The van der Waals surface area contributed by atoms with Crippen LogP contribution in [0.5, 0.6) is 0 Å². The molecule has 1 aromatic rings. The summed E-state index contributed by atoms with van der Waals surface area (Å²) in [4.78, 5) is 14.4. The lowest BCUT2D eigenvalue weighted by Gasteiger charge is -2.14. The molecule has 1 unspecified atom stereocenters. The Hall–Kier alpha value is -1.00. The number of rotatable bonds is 8. The van der Waals surface area contributed by atoms with Crippen molar-refractivity contribution in [3.63, 3.8) is 0 Å². The standard InChI is InChI=1S/C16H26N2OS/c1-5-10-17-13(2)14-7-6-8-15(12-14)20-11-9-16(19)18(3)4/h6-8,12-13,17H,5,9-11H2,1-4H3. The molecule has 1 N–H and O–H groups in total. The van der Waals surface area contributed by atoms with Gasteiger partial charge in [0.1, 0.15) is 0 Å². The number of carbonyl (C=O) groups excluding carboxylic acids is 1. The number of benzene rings is 1. The van der Waals surface area contributed by atoms with Crippen LogP contribution < -0.4 is 5.32 Å². The molecular weight excluding hydrogens is 268 g/mol. The van der Waals surface area contributed by atoms with E-state index in [0.29, 0.717) is 12.5 Å². The van der Waals surface area contributed by atoms with E-state index in [1.54, 1.807) is 30.8 Å². The second kappa shape index (κ2) is 9.03. The van der Waals surface area contributed by atoms with Gasteiger partial charge in [0.05, 0.1) is 0 Å². The Balaban J connectivity index is 2.49. The SMILES string of the molecule is CCCNC(C)c1cccc(SCCC(=O)N(C)C)c1. The van der Waals surface area contributed by atoms with Gasteiger partial charge in [-0.3, -0.25) is 4.79 Å². The second-order valence-electron chi connectivity index (χ2n) is 5.13. The number of hydrogen-bond donors (Lipinski definition) is 1. The number of amides is 1. The van der Waals surface area contributed by atoms with Crippen LogP contribution in [0.4, 0.5) is 0 Å². The topological polar surface area (TPSA) is 32.3 Å². The highest BCUT2D eigenvalue weighted by Gasteiger charge is 2.07. The van der Waals surface area contributed by atoms with Gasteiger partial charge in [-0.05, 0) is 37.6 Å². The maximum Gasteiger partial charge on any atom is 0.222 e. The minimum Gasteiger partial charge on any atom is -0.349 e. The second-order valence-corrected chi connectivity index (χ2v) is 6.30. The smallest absolute Gasteiger partial charge is 0.222 e. The van der Waals surface area contributed by atoms with Crippen molar-refractivity contribution in [2.75, 3.05) is 26.4 Å². The van der Waals surface area contributed by atoms with E-state index in [1.807, 2.05) is 0 Å². The first-order chi connectivity index (χ1) is 9.54. The third-order valence-electron chi connectivity index (χ3n) is 3.14. The Kier molecular flexibility index (Phi) is 7.70. The summed E-state index contributed by atoms with van der Waals surface area (Å²) in [5.41, 5.74) is 1.31. The van der Waals surface area contributed by atoms with Crippen molar-refractivity contribution in [1.29, 1.82) is 0 Å². The molecule has 3 nitrogen and oxygen atoms in total. The lowest BCUT2D eigenvalue weighted by atomic mass is 10.1. The molecule has 0 spiro atoms. The van der Waals surface area contributed by atoms with Crippen molar-refractivity contribution in [1.82, 2.24) is 10.2 Å². The first kappa shape index (κ1) is 17.1. The lowest BCUT2D eigenvalue weighted by molar-refractivity contribution is -0.128. The largest absolute Gasteiger partial charge is 0.349 e. The molecule has 1 atom stereocenters. The van der Waals surface area contributed by atoms with Gasteiger partial charge in [-0.1, -0.05) is 19.1 Å². The molecule has 0 aliphatic rings. The summed E-state index contributed by atoms with van der Waals surface area (Å²) in [5.74, 6) is 1.02. The molecule has 1 aromatic carbocycles. The van der Waals surface area contributed by atoms with Gasteiger partial charge in [-0.25, -0.2) is 0 Å². The Morgan fingerprint density at radius 1 is 1.40 bits per heavy atom. The number of thioether (sulfide) groups is 1. The molecule has 0 fully saturated rings. The van der Waals surface area contributed by atoms with E-state index in [0.717, 1.165) is 18.7 Å². The van der Waals surface area contributed by atoms with E-state index in [-0.39, 0.29) is 5.91 Å². The van der Waals surface area contributed by atoms with Crippen LogP contribution in [-0.2, 0) is 4.79 Å². The number of nitrogens with zero attached hydrogens (tertiary/aromatic N) is 1. The molecule has 0 bridgehead atoms. The lowest BCUT2D eigenvalue weighted by Crippen LogP contribution is -2.21. The molecule has 20 heavy (non-hydrogen) atoms. The molecule has 112 valence electrons. The molecular formula is C16H26N2OS. The van der Waals surface area contributed by atoms with Gasteiger partial charge in [0.15, 0.2) is 0 Å². The summed E-state index contributed by atoms with van der Waals surface area (Å²) in [7, 11) is 3.60. The van der Waals surface area contributed by atoms with E-state index < -0.39 is 0 Å². The van der Waals surface area contributed by atoms with Crippen LogP contribution in [0.1, 0.15) is 38.3 Å². The predicted octanol–water partition coefficient (Wildman–Crippen LogP) is 3.32. The molecule has 0 aliphatic heterocycles. The summed E-state index contributed by atoms with van der Waals surface area (Å²) >= 11 is 1.75. The van der Waals surface area contributed by atoms with E-state index >= 15 is 0 Å². The van der Waals surface area contributed by atoms with Gasteiger partial charge < -0.3 is 10.2 Å². The zero-order valence-corrected chi connectivity index (χ0v) is 13.8. The van der Waals surface area contributed by atoms with Gasteiger partial charge >= 0.3 is 0 Å². The third kappa shape index (κ3) is 5.97. The summed E-state index contributed by atoms with van der Waals surface area (Å²) in [6.45, 7) is 5.40. The van der Waals surface area contributed by atoms with Crippen LogP contribution in [0.25, 0.3) is 0 Å². The van der Waals surface area contributed by atoms with E-state index in [9.17, 15) is 4.79 Å². The van der Waals surface area contributed by atoms with Crippen molar-refractivity contribution in [2.24, 2.45) is 0 Å². The fourth-order valence-electron chi connectivity index (χ4n) is 1.83. The number of carbonyl (C=O) groups is 1. The summed E-state index contributed by atoms with van der Waals surface area (Å²) < 4.78 is 0. The average molecular weight is 294 g/mol. The monoisotopic (exact) mass is 294 g/mol. The molecule has 0 saturated carbocycles. The molecule has 0 saturated heterocycles. The molecule has 0 radical (unpaired) electrons. The van der Waals surface area contributed by atoms with Crippen molar-refractivity contribution in [2.45, 2.75) is 37.6 Å². The Morgan fingerprint density at radius 2 is 2.15 bits per heavy atom. The number of hydrogen-bond acceptors (Lipinski definition) is 3. The molecule has 0 aliphatic carbocycles. The Labute approximate surface area is 127 Å². The Bertz CT molecular complexity index is 421. The minimum absolute atomic E-state index is 0.187. The molecule has 1 amide bonds. The van der Waals surface area contributed by atoms with Gasteiger partial charge in [0, 0.05) is 37.2 Å². The molecule has 4 heteroatoms. The maximum atomic E-state index is 11.5. The normalized spacial score (nSPS) is 12.2. The highest BCUT2D eigenvalue weighted by molar-refractivity contribution is 7.99. The van der Waals surface area contributed by atoms with Crippen molar-refractivity contribution in [3.05, 3.63) is 29.8 Å². The first-order valence-corrected chi connectivity index (χ1v) is 8.19. The summed E-state index contributed by atoms with van der Waals surface area (Å²) in [6.07, 6.45) is 1.73. The average Bonchev–Trinajstić information content (AvgIpc) is 2.44. The van der Waals surface area contributed by atoms with Crippen LogP contribution in [0.3, 0.4) is 0 Å². The van der Waals surface area contributed by atoms with Crippen LogP contribution in [0, 0.1) is 0 Å². The maximum absolute atomic E-state index is 11.5. The van der Waals surface area contributed by atoms with Gasteiger partial charge in [-0.2, -0.15) is 0 Å². The van der Waals surface area contributed by atoms with Crippen molar-refractivity contribution < 1.29 is 4.79 Å². The highest BCUT2D eigenvalue weighted by atomic mass is 32.2. The van der Waals surface area contributed by atoms with E-state index in [4.69, 9.17) is 0 Å². The number of nitrogens with one attached hydrogen (secondary N) is 1. The molecule has 1 rings (SSSR count). The first-order valence-electron chi connectivity index (χ1n) is 7.21.